The lowest BCUT2D eigenvalue weighted by atomic mass is 10.1. The topological polar surface area (TPSA) is 75.9 Å². The van der Waals surface area contributed by atoms with Crippen LogP contribution in [0.5, 0.6) is 5.75 Å². The molecular formula is C21H24N4O3S. The number of hydrogen-bond donors (Lipinski definition) is 1. The first-order valence-electron chi connectivity index (χ1n) is 9.78. The van der Waals surface area contributed by atoms with Crippen molar-refractivity contribution in [2.45, 2.75) is 25.7 Å². The molecule has 1 fully saturated rings. The Hall–Kier alpha value is -2.87. The van der Waals surface area contributed by atoms with E-state index in [1.807, 2.05) is 45.1 Å². The SMILES string of the molecule is COc1cccc(-c2cn3c(CC(=O)NCCCN4CCCC4=O)csc3n2)c1. The Morgan fingerprint density at radius 3 is 3.07 bits per heavy atom. The van der Waals surface area contributed by atoms with Crippen LogP contribution in [-0.2, 0) is 16.0 Å². The largest absolute Gasteiger partial charge is 0.497 e. The Bertz CT molecular complexity index is 1030. The highest BCUT2D eigenvalue weighted by Gasteiger charge is 2.19. The number of hydrogen-bond acceptors (Lipinski definition) is 5. The number of rotatable bonds is 8. The summed E-state index contributed by atoms with van der Waals surface area (Å²) in [5, 5.41) is 4.93. The molecule has 2 aromatic heterocycles. The molecule has 3 aromatic rings. The van der Waals surface area contributed by atoms with Crippen molar-refractivity contribution >= 4 is 28.1 Å². The molecule has 152 valence electrons. The van der Waals surface area contributed by atoms with Gasteiger partial charge in [0.1, 0.15) is 5.75 Å². The molecule has 1 aromatic carbocycles. The van der Waals surface area contributed by atoms with Crippen LogP contribution in [0.4, 0.5) is 0 Å². The molecule has 0 aliphatic carbocycles. The number of nitrogens with zero attached hydrogens (tertiary/aromatic N) is 3. The summed E-state index contributed by atoms with van der Waals surface area (Å²) < 4.78 is 7.26. The maximum Gasteiger partial charge on any atom is 0.225 e. The van der Waals surface area contributed by atoms with E-state index in [0.717, 1.165) is 47.0 Å². The zero-order valence-electron chi connectivity index (χ0n) is 16.4. The zero-order chi connectivity index (χ0) is 20.2. The Kier molecular flexibility index (Phi) is 5.80. The van der Waals surface area contributed by atoms with Crippen molar-refractivity contribution in [3.05, 3.63) is 41.5 Å². The molecule has 0 saturated carbocycles. The Morgan fingerprint density at radius 2 is 2.28 bits per heavy atom. The van der Waals surface area contributed by atoms with E-state index in [1.165, 1.54) is 11.3 Å². The van der Waals surface area contributed by atoms with Crippen molar-refractivity contribution in [3.63, 3.8) is 0 Å². The van der Waals surface area contributed by atoms with Crippen molar-refractivity contribution in [2.75, 3.05) is 26.7 Å². The van der Waals surface area contributed by atoms with Gasteiger partial charge in [0, 0.05) is 48.9 Å². The molecule has 0 radical (unpaired) electrons. The van der Waals surface area contributed by atoms with Gasteiger partial charge in [-0.25, -0.2) is 4.98 Å². The number of imidazole rings is 1. The quantitative estimate of drug-likeness (QED) is 0.577. The van der Waals surface area contributed by atoms with Crippen molar-refractivity contribution in [1.29, 1.82) is 0 Å². The predicted octanol–water partition coefficient (Wildman–Crippen LogP) is 2.74. The zero-order valence-corrected chi connectivity index (χ0v) is 17.2. The van der Waals surface area contributed by atoms with E-state index in [2.05, 4.69) is 10.3 Å². The van der Waals surface area contributed by atoms with Crippen LogP contribution in [0.2, 0.25) is 0 Å². The number of nitrogens with one attached hydrogen (secondary N) is 1. The van der Waals surface area contributed by atoms with Gasteiger partial charge in [0.15, 0.2) is 4.96 Å². The summed E-state index contributed by atoms with van der Waals surface area (Å²) in [6, 6.07) is 7.78. The monoisotopic (exact) mass is 412 g/mol. The van der Waals surface area contributed by atoms with Gasteiger partial charge in [-0.1, -0.05) is 12.1 Å². The number of amides is 2. The number of carbonyl (C=O) groups excluding carboxylic acids is 2. The number of methoxy groups -OCH3 is 1. The van der Waals surface area contributed by atoms with Gasteiger partial charge in [0.05, 0.1) is 19.2 Å². The standard InChI is InChI=1S/C21H24N4O3S/c1-28-17-6-2-5-15(11-17)18-13-25-16(14-29-21(25)23-18)12-19(26)22-8-4-10-24-9-3-7-20(24)27/h2,5-6,11,13-14H,3-4,7-10,12H2,1H3,(H,22,26). The average Bonchev–Trinajstić information content (AvgIpc) is 3.43. The minimum atomic E-state index is -0.0194. The number of ether oxygens (including phenoxy) is 1. The molecule has 0 spiro atoms. The lowest BCUT2D eigenvalue weighted by Gasteiger charge is -2.15. The third-order valence-electron chi connectivity index (χ3n) is 5.09. The van der Waals surface area contributed by atoms with Gasteiger partial charge in [0.25, 0.3) is 0 Å². The van der Waals surface area contributed by atoms with E-state index >= 15 is 0 Å². The van der Waals surface area contributed by atoms with Gasteiger partial charge in [-0.2, -0.15) is 0 Å². The van der Waals surface area contributed by atoms with Crippen molar-refractivity contribution < 1.29 is 14.3 Å². The smallest absolute Gasteiger partial charge is 0.225 e. The second-order valence-corrected chi connectivity index (χ2v) is 7.94. The summed E-state index contributed by atoms with van der Waals surface area (Å²) >= 11 is 1.52. The average molecular weight is 413 g/mol. The first kappa shape index (κ1) is 19.4. The van der Waals surface area contributed by atoms with E-state index in [0.29, 0.717) is 25.9 Å². The third kappa shape index (κ3) is 4.42. The van der Waals surface area contributed by atoms with Crippen LogP contribution >= 0.6 is 11.3 Å². The van der Waals surface area contributed by atoms with Crippen molar-refractivity contribution in [1.82, 2.24) is 19.6 Å². The van der Waals surface area contributed by atoms with E-state index in [-0.39, 0.29) is 11.8 Å². The van der Waals surface area contributed by atoms with Gasteiger partial charge in [0.2, 0.25) is 11.8 Å². The Balaban J connectivity index is 1.34. The molecule has 29 heavy (non-hydrogen) atoms. The molecule has 8 heteroatoms. The van der Waals surface area contributed by atoms with Crippen LogP contribution in [0.1, 0.15) is 25.0 Å². The predicted molar refractivity (Wildman–Crippen MR) is 112 cm³/mol. The Morgan fingerprint density at radius 1 is 1.38 bits per heavy atom. The number of benzene rings is 1. The van der Waals surface area contributed by atoms with Crippen LogP contribution < -0.4 is 10.1 Å². The van der Waals surface area contributed by atoms with Crippen LogP contribution in [0.3, 0.4) is 0 Å². The summed E-state index contributed by atoms with van der Waals surface area (Å²) in [6.45, 7) is 2.14. The van der Waals surface area contributed by atoms with E-state index in [1.54, 1.807) is 7.11 Å². The molecule has 3 heterocycles. The summed E-state index contributed by atoms with van der Waals surface area (Å²) in [6.07, 6.45) is 4.64. The highest BCUT2D eigenvalue weighted by atomic mass is 32.1. The molecule has 0 atom stereocenters. The van der Waals surface area contributed by atoms with Crippen LogP contribution in [-0.4, -0.2) is 52.8 Å². The lowest BCUT2D eigenvalue weighted by molar-refractivity contribution is -0.127. The summed E-state index contributed by atoms with van der Waals surface area (Å²) in [5.74, 6) is 0.993. The molecule has 1 saturated heterocycles. The molecule has 0 bridgehead atoms. The maximum absolute atomic E-state index is 12.3. The number of thiazole rings is 1. The molecule has 4 rings (SSSR count). The molecular weight excluding hydrogens is 388 g/mol. The van der Waals surface area contributed by atoms with E-state index in [9.17, 15) is 9.59 Å². The molecule has 1 aliphatic rings. The normalized spacial score (nSPS) is 14.0. The fourth-order valence-electron chi connectivity index (χ4n) is 3.54. The van der Waals surface area contributed by atoms with E-state index < -0.39 is 0 Å². The minimum absolute atomic E-state index is 0.0194. The molecule has 7 nitrogen and oxygen atoms in total. The third-order valence-corrected chi connectivity index (χ3v) is 5.98. The highest BCUT2D eigenvalue weighted by Crippen LogP contribution is 2.26. The minimum Gasteiger partial charge on any atom is -0.497 e. The van der Waals surface area contributed by atoms with Crippen molar-refractivity contribution in [2.24, 2.45) is 0 Å². The second kappa shape index (κ2) is 8.65. The molecule has 1 aliphatic heterocycles. The first-order chi connectivity index (χ1) is 14.1. The van der Waals surface area contributed by atoms with Gasteiger partial charge >= 0.3 is 0 Å². The number of fused-ring (bicyclic) bond motifs is 1. The first-order valence-corrected chi connectivity index (χ1v) is 10.7. The van der Waals surface area contributed by atoms with Crippen LogP contribution in [0, 0.1) is 0 Å². The van der Waals surface area contributed by atoms with Crippen molar-refractivity contribution in [3.8, 4) is 17.0 Å². The fraction of sp³-hybridized carbons (Fsp3) is 0.381. The number of likely N-dealkylation sites (tertiary alicyclic amines) is 1. The number of carbonyl (C=O) groups is 2. The lowest BCUT2D eigenvalue weighted by Crippen LogP contribution is -2.31. The molecule has 0 unspecified atom stereocenters. The second-order valence-electron chi connectivity index (χ2n) is 7.10. The summed E-state index contributed by atoms with van der Waals surface area (Å²) in [4.78, 5) is 31.3. The van der Waals surface area contributed by atoms with Gasteiger partial charge in [-0.3, -0.25) is 14.0 Å². The van der Waals surface area contributed by atoms with Crippen LogP contribution in [0.15, 0.2) is 35.8 Å². The highest BCUT2D eigenvalue weighted by molar-refractivity contribution is 7.15. The summed E-state index contributed by atoms with van der Waals surface area (Å²) in [5.41, 5.74) is 2.75. The molecule has 2 amide bonds. The Labute approximate surface area is 173 Å². The van der Waals surface area contributed by atoms with Crippen LogP contribution in [0.25, 0.3) is 16.2 Å². The maximum atomic E-state index is 12.3. The fourth-order valence-corrected chi connectivity index (χ4v) is 4.42. The summed E-state index contributed by atoms with van der Waals surface area (Å²) in [7, 11) is 1.64. The number of aromatic nitrogens is 2. The molecule has 1 N–H and O–H groups in total. The van der Waals surface area contributed by atoms with Gasteiger partial charge in [-0.05, 0) is 25.0 Å². The van der Waals surface area contributed by atoms with Gasteiger partial charge < -0.3 is 15.0 Å². The van der Waals surface area contributed by atoms with E-state index in [4.69, 9.17) is 4.74 Å². The van der Waals surface area contributed by atoms with Gasteiger partial charge in [-0.15, -0.1) is 11.3 Å².